The molecule has 2 fully saturated rings. The number of carbonyl (C=O) groups is 2. The zero-order valence-electron chi connectivity index (χ0n) is 8.49. The highest BCUT2D eigenvalue weighted by atomic mass is 16.5. The molecule has 0 N–H and O–H groups in total. The average molecular weight is 196 g/mol. The Bertz CT molecular complexity index is 259. The van der Waals surface area contributed by atoms with Gasteiger partial charge in [0.25, 0.3) is 0 Å². The number of carbonyl (C=O) groups excluding carboxylic acids is 2. The van der Waals surface area contributed by atoms with Gasteiger partial charge in [0, 0.05) is 6.42 Å². The van der Waals surface area contributed by atoms with Crippen LogP contribution in [0.3, 0.4) is 0 Å². The Kier molecular flexibility index (Phi) is 2.57. The number of hydrogen-bond acceptors (Lipinski definition) is 3. The summed E-state index contributed by atoms with van der Waals surface area (Å²) in [4.78, 5) is 23.1. The maximum Gasteiger partial charge on any atom is 0.316 e. The fraction of sp³-hybridized carbons (Fsp3) is 0.818. The maximum absolute atomic E-state index is 11.6. The van der Waals surface area contributed by atoms with Crippen molar-refractivity contribution in [2.45, 2.75) is 32.1 Å². The summed E-state index contributed by atoms with van der Waals surface area (Å²) in [6.07, 6.45) is 5.11. The quantitative estimate of drug-likeness (QED) is 0.472. The van der Waals surface area contributed by atoms with Crippen LogP contribution in [0.2, 0.25) is 0 Å². The molecule has 2 aliphatic carbocycles. The second-order valence-electron chi connectivity index (χ2n) is 4.38. The van der Waals surface area contributed by atoms with E-state index in [2.05, 4.69) is 0 Å². The average Bonchev–Trinajstić information content (AvgIpc) is 2.53. The van der Waals surface area contributed by atoms with E-state index in [4.69, 9.17) is 4.74 Å². The van der Waals surface area contributed by atoms with Crippen LogP contribution in [0.4, 0.5) is 0 Å². The SMILES string of the molecule is COC(=O)C1C(=O)CC2CCCCC21. The van der Waals surface area contributed by atoms with E-state index >= 15 is 0 Å². The highest BCUT2D eigenvalue weighted by molar-refractivity contribution is 6.01. The van der Waals surface area contributed by atoms with Gasteiger partial charge in [0.2, 0.25) is 0 Å². The van der Waals surface area contributed by atoms with E-state index in [0.29, 0.717) is 12.3 Å². The van der Waals surface area contributed by atoms with Crippen molar-refractivity contribution in [1.82, 2.24) is 0 Å². The molecular formula is C11H16O3. The molecule has 3 unspecified atom stereocenters. The number of ether oxygens (including phenoxy) is 1. The van der Waals surface area contributed by atoms with Crippen LogP contribution >= 0.6 is 0 Å². The van der Waals surface area contributed by atoms with Crippen molar-refractivity contribution in [2.24, 2.45) is 17.8 Å². The summed E-state index contributed by atoms with van der Waals surface area (Å²) >= 11 is 0. The third-order valence-electron chi connectivity index (χ3n) is 3.66. The van der Waals surface area contributed by atoms with Crippen molar-refractivity contribution in [3.63, 3.8) is 0 Å². The topological polar surface area (TPSA) is 43.4 Å². The monoisotopic (exact) mass is 196 g/mol. The van der Waals surface area contributed by atoms with Crippen molar-refractivity contribution < 1.29 is 14.3 Å². The van der Waals surface area contributed by atoms with Crippen molar-refractivity contribution in [3.8, 4) is 0 Å². The lowest BCUT2D eigenvalue weighted by atomic mass is 9.78. The molecule has 0 saturated heterocycles. The molecule has 2 rings (SSSR count). The van der Waals surface area contributed by atoms with Gasteiger partial charge in [0.05, 0.1) is 7.11 Å². The molecule has 0 amide bonds. The Labute approximate surface area is 83.8 Å². The molecule has 0 aliphatic heterocycles. The molecule has 2 aliphatic rings. The first-order valence-corrected chi connectivity index (χ1v) is 5.34. The van der Waals surface area contributed by atoms with Crippen LogP contribution in [-0.2, 0) is 14.3 Å². The molecule has 0 aromatic rings. The molecule has 14 heavy (non-hydrogen) atoms. The second kappa shape index (κ2) is 3.71. The lowest BCUT2D eigenvalue weighted by Crippen LogP contribution is -2.28. The van der Waals surface area contributed by atoms with E-state index in [-0.39, 0.29) is 17.7 Å². The molecule has 0 aromatic carbocycles. The van der Waals surface area contributed by atoms with Crippen LogP contribution in [0.5, 0.6) is 0 Å². The van der Waals surface area contributed by atoms with Gasteiger partial charge in [-0.25, -0.2) is 0 Å². The van der Waals surface area contributed by atoms with Gasteiger partial charge in [0.1, 0.15) is 11.7 Å². The van der Waals surface area contributed by atoms with Crippen LogP contribution in [0.15, 0.2) is 0 Å². The zero-order valence-corrected chi connectivity index (χ0v) is 8.49. The number of Topliss-reactive ketones (excluding diaryl/α,β-unsaturated/α-hetero) is 1. The summed E-state index contributed by atoms with van der Waals surface area (Å²) in [7, 11) is 1.37. The third-order valence-corrected chi connectivity index (χ3v) is 3.66. The first kappa shape index (κ1) is 9.69. The van der Waals surface area contributed by atoms with Crippen LogP contribution in [0, 0.1) is 17.8 Å². The molecule has 0 bridgehead atoms. The van der Waals surface area contributed by atoms with Crippen LogP contribution in [0.25, 0.3) is 0 Å². The fourth-order valence-corrected chi connectivity index (χ4v) is 2.99. The molecule has 78 valence electrons. The lowest BCUT2D eigenvalue weighted by molar-refractivity contribution is -0.150. The summed E-state index contributed by atoms with van der Waals surface area (Å²) in [5, 5.41) is 0. The van der Waals surface area contributed by atoms with Gasteiger partial charge in [0.15, 0.2) is 0 Å². The van der Waals surface area contributed by atoms with E-state index < -0.39 is 5.92 Å². The minimum absolute atomic E-state index is 0.105. The normalized spacial score (nSPS) is 36.6. The second-order valence-corrected chi connectivity index (χ2v) is 4.38. The van der Waals surface area contributed by atoms with Gasteiger partial charge in [-0.15, -0.1) is 0 Å². The molecule has 3 heteroatoms. The third kappa shape index (κ3) is 1.45. The van der Waals surface area contributed by atoms with E-state index in [1.807, 2.05) is 0 Å². The summed E-state index contributed by atoms with van der Waals surface area (Å²) in [5.41, 5.74) is 0. The van der Waals surface area contributed by atoms with Gasteiger partial charge in [-0.2, -0.15) is 0 Å². The van der Waals surface area contributed by atoms with Crippen LogP contribution < -0.4 is 0 Å². The summed E-state index contributed by atoms with van der Waals surface area (Å²) in [6.45, 7) is 0. The number of fused-ring (bicyclic) bond motifs is 1. The predicted molar refractivity (Wildman–Crippen MR) is 50.6 cm³/mol. The Morgan fingerprint density at radius 1 is 1.36 bits per heavy atom. The molecular weight excluding hydrogens is 180 g/mol. The number of ketones is 1. The molecule has 2 saturated carbocycles. The van der Waals surface area contributed by atoms with Crippen molar-refractivity contribution in [1.29, 1.82) is 0 Å². The van der Waals surface area contributed by atoms with Gasteiger partial charge in [-0.05, 0) is 24.7 Å². The first-order chi connectivity index (χ1) is 6.74. The van der Waals surface area contributed by atoms with Gasteiger partial charge in [-0.1, -0.05) is 12.8 Å². The highest BCUT2D eigenvalue weighted by Gasteiger charge is 2.47. The summed E-state index contributed by atoms with van der Waals surface area (Å²) in [6, 6.07) is 0. The number of hydrogen-bond donors (Lipinski definition) is 0. The zero-order chi connectivity index (χ0) is 10.1. The van der Waals surface area contributed by atoms with E-state index in [1.165, 1.54) is 13.5 Å². The van der Waals surface area contributed by atoms with Crippen molar-refractivity contribution >= 4 is 11.8 Å². The minimum Gasteiger partial charge on any atom is -0.468 e. The molecule has 0 aromatic heterocycles. The van der Waals surface area contributed by atoms with E-state index in [1.54, 1.807) is 0 Å². The fourth-order valence-electron chi connectivity index (χ4n) is 2.99. The van der Waals surface area contributed by atoms with Crippen molar-refractivity contribution in [3.05, 3.63) is 0 Å². The highest BCUT2D eigenvalue weighted by Crippen LogP contribution is 2.44. The van der Waals surface area contributed by atoms with Crippen LogP contribution in [-0.4, -0.2) is 18.9 Å². The Morgan fingerprint density at radius 2 is 2.07 bits per heavy atom. The van der Waals surface area contributed by atoms with E-state index in [9.17, 15) is 9.59 Å². The van der Waals surface area contributed by atoms with Crippen molar-refractivity contribution in [2.75, 3.05) is 7.11 Å². The standard InChI is InChI=1S/C11H16O3/c1-14-11(13)10-8-5-3-2-4-7(8)6-9(10)12/h7-8,10H,2-6H2,1H3. The Morgan fingerprint density at radius 3 is 2.79 bits per heavy atom. The number of rotatable bonds is 1. The van der Waals surface area contributed by atoms with E-state index in [0.717, 1.165) is 19.3 Å². The lowest BCUT2D eigenvalue weighted by Gasteiger charge is -2.26. The number of methoxy groups -OCH3 is 1. The van der Waals surface area contributed by atoms with Crippen LogP contribution in [0.1, 0.15) is 32.1 Å². The molecule has 3 nitrogen and oxygen atoms in total. The maximum atomic E-state index is 11.6. The Balaban J connectivity index is 2.15. The predicted octanol–water partition coefficient (Wildman–Crippen LogP) is 1.55. The summed E-state index contributed by atoms with van der Waals surface area (Å²) in [5.74, 6) is 0.0903. The number of esters is 1. The molecule has 0 heterocycles. The summed E-state index contributed by atoms with van der Waals surface area (Å²) < 4.78 is 4.69. The smallest absolute Gasteiger partial charge is 0.316 e. The first-order valence-electron chi connectivity index (χ1n) is 5.34. The molecule has 0 spiro atoms. The van der Waals surface area contributed by atoms with Gasteiger partial charge < -0.3 is 4.74 Å². The molecule has 3 atom stereocenters. The molecule has 0 radical (unpaired) electrons. The largest absolute Gasteiger partial charge is 0.468 e. The minimum atomic E-state index is -0.440. The van der Waals surface area contributed by atoms with Gasteiger partial charge >= 0.3 is 5.97 Å². The Hall–Kier alpha value is -0.860. The van der Waals surface area contributed by atoms with Gasteiger partial charge in [-0.3, -0.25) is 9.59 Å².